The van der Waals surface area contributed by atoms with Crippen LogP contribution in [0.2, 0.25) is 0 Å². The zero-order valence-corrected chi connectivity index (χ0v) is 19.1. The van der Waals surface area contributed by atoms with Crippen LogP contribution in [0, 0.1) is 16.0 Å². The standard InChI is InChI=1S/C20H28N2O8S/c1-6-29-18(23)14-10-11-21(19(24)30-20(3,4)5)17(14)15-12-13(22(25)26)8-9-16(15)31(27,28)7-2/h8-9,12,14,17H,6-7,10-11H2,1-5H3. The number of carbonyl (C=O) groups is 2. The van der Waals surface area contributed by atoms with E-state index in [1.165, 1.54) is 11.8 Å². The maximum Gasteiger partial charge on any atom is 0.410 e. The summed E-state index contributed by atoms with van der Waals surface area (Å²) in [6.07, 6.45) is -0.535. The van der Waals surface area contributed by atoms with Gasteiger partial charge in [-0.15, -0.1) is 0 Å². The fourth-order valence-electron chi connectivity index (χ4n) is 3.52. The number of nitro groups is 1. The molecule has 1 heterocycles. The van der Waals surface area contributed by atoms with Crippen molar-refractivity contribution in [3.8, 4) is 0 Å². The Labute approximate surface area is 181 Å². The molecule has 172 valence electrons. The van der Waals surface area contributed by atoms with E-state index in [0.717, 1.165) is 18.2 Å². The summed E-state index contributed by atoms with van der Waals surface area (Å²) >= 11 is 0. The van der Waals surface area contributed by atoms with E-state index in [2.05, 4.69) is 0 Å². The Morgan fingerprint density at radius 2 is 1.90 bits per heavy atom. The Bertz CT molecular complexity index is 968. The van der Waals surface area contributed by atoms with Crippen molar-refractivity contribution >= 4 is 27.6 Å². The second-order valence-electron chi connectivity index (χ2n) is 8.15. The fraction of sp³-hybridized carbons (Fsp3) is 0.600. The van der Waals surface area contributed by atoms with Gasteiger partial charge in [0.15, 0.2) is 9.84 Å². The molecule has 0 radical (unpaired) electrons. The van der Waals surface area contributed by atoms with Crippen LogP contribution < -0.4 is 0 Å². The highest BCUT2D eigenvalue weighted by Gasteiger charge is 2.46. The molecule has 0 spiro atoms. The van der Waals surface area contributed by atoms with Crippen LogP contribution in [0.1, 0.15) is 52.6 Å². The highest BCUT2D eigenvalue weighted by atomic mass is 32.2. The molecular formula is C20H28N2O8S. The van der Waals surface area contributed by atoms with Gasteiger partial charge in [-0.2, -0.15) is 0 Å². The molecule has 10 nitrogen and oxygen atoms in total. The van der Waals surface area contributed by atoms with E-state index in [1.54, 1.807) is 27.7 Å². The maximum atomic E-state index is 12.9. The summed E-state index contributed by atoms with van der Waals surface area (Å²) < 4.78 is 36.1. The van der Waals surface area contributed by atoms with Crippen molar-refractivity contribution < 1.29 is 32.4 Å². The molecule has 0 saturated carbocycles. The molecule has 0 aliphatic carbocycles. The number of benzene rings is 1. The molecule has 1 amide bonds. The van der Waals surface area contributed by atoms with Crippen LogP contribution in [0.4, 0.5) is 10.5 Å². The van der Waals surface area contributed by atoms with Crippen molar-refractivity contribution in [2.45, 2.75) is 57.6 Å². The van der Waals surface area contributed by atoms with Crippen LogP contribution in [0.25, 0.3) is 0 Å². The Morgan fingerprint density at radius 1 is 1.26 bits per heavy atom. The van der Waals surface area contributed by atoms with E-state index in [9.17, 15) is 28.1 Å². The third-order valence-electron chi connectivity index (χ3n) is 4.85. The van der Waals surface area contributed by atoms with Crippen LogP contribution in [0.15, 0.2) is 23.1 Å². The average Bonchev–Trinajstić information content (AvgIpc) is 3.11. The van der Waals surface area contributed by atoms with E-state index >= 15 is 0 Å². The van der Waals surface area contributed by atoms with Crippen LogP contribution >= 0.6 is 0 Å². The maximum absolute atomic E-state index is 12.9. The van der Waals surface area contributed by atoms with Gasteiger partial charge in [-0.3, -0.25) is 14.9 Å². The van der Waals surface area contributed by atoms with E-state index in [-0.39, 0.29) is 41.5 Å². The van der Waals surface area contributed by atoms with E-state index in [1.807, 2.05) is 0 Å². The third kappa shape index (κ3) is 5.52. The molecule has 1 aliphatic rings. The Balaban J connectivity index is 2.70. The lowest BCUT2D eigenvalue weighted by Crippen LogP contribution is -2.38. The number of hydrogen-bond donors (Lipinski definition) is 0. The van der Waals surface area contributed by atoms with E-state index in [4.69, 9.17) is 9.47 Å². The number of nitrogens with zero attached hydrogens (tertiary/aromatic N) is 2. The Morgan fingerprint density at radius 3 is 2.42 bits per heavy atom. The molecule has 1 aromatic carbocycles. The summed E-state index contributed by atoms with van der Waals surface area (Å²) in [6.45, 7) is 8.33. The quantitative estimate of drug-likeness (QED) is 0.362. The molecule has 1 saturated heterocycles. The first-order valence-corrected chi connectivity index (χ1v) is 11.6. The average molecular weight is 457 g/mol. The largest absolute Gasteiger partial charge is 0.466 e. The normalized spacial score (nSPS) is 19.2. The van der Waals surface area contributed by atoms with Crippen LogP contribution in [-0.2, 0) is 24.1 Å². The van der Waals surface area contributed by atoms with Crippen molar-refractivity contribution in [1.29, 1.82) is 0 Å². The molecule has 2 atom stereocenters. The Hall–Kier alpha value is -2.69. The SMILES string of the molecule is CCOC(=O)C1CCN(C(=O)OC(C)(C)C)C1c1cc([N+](=O)[O-])ccc1S(=O)(=O)CC. The summed E-state index contributed by atoms with van der Waals surface area (Å²) in [5, 5.41) is 11.4. The summed E-state index contributed by atoms with van der Waals surface area (Å²) in [6, 6.07) is 2.28. The molecule has 11 heteroatoms. The third-order valence-corrected chi connectivity index (χ3v) is 6.66. The molecule has 0 bridgehead atoms. The molecule has 31 heavy (non-hydrogen) atoms. The zero-order chi connectivity index (χ0) is 23.6. The van der Waals surface area contributed by atoms with Gasteiger partial charge in [0.05, 0.1) is 34.1 Å². The number of rotatable bonds is 6. The van der Waals surface area contributed by atoms with Crippen molar-refractivity contribution in [3.63, 3.8) is 0 Å². The van der Waals surface area contributed by atoms with Gasteiger partial charge in [-0.1, -0.05) is 6.92 Å². The minimum atomic E-state index is -3.81. The van der Waals surface area contributed by atoms with Crippen LogP contribution in [-0.4, -0.2) is 54.8 Å². The molecule has 2 unspecified atom stereocenters. The molecule has 2 rings (SSSR count). The Kier molecular flexibility index (Phi) is 7.30. The fourth-order valence-corrected chi connectivity index (χ4v) is 4.64. The van der Waals surface area contributed by atoms with Crippen LogP contribution in [0.5, 0.6) is 0 Å². The summed E-state index contributed by atoms with van der Waals surface area (Å²) in [4.78, 5) is 37.4. The number of sulfone groups is 1. The first kappa shape index (κ1) is 24.6. The number of ether oxygens (including phenoxy) is 2. The minimum Gasteiger partial charge on any atom is -0.466 e. The van der Waals surface area contributed by atoms with Crippen LogP contribution in [0.3, 0.4) is 0 Å². The first-order chi connectivity index (χ1) is 14.3. The number of amides is 1. The van der Waals surface area contributed by atoms with E-state index < -0.39 is 44.4 Å². The number of esters is 1. The van der Waals surface area contributed by atoms with Gasteiger partial charge in [0.1, 0.15) is 5.60 Å². The minimum absolute atomic E-state index is 0.0115. The van der Waals surface area contributed by atoms with Gasteiger partial charge in [-0.05, 0) is 40.2 Å². The van der Waals surface area contributed by atoms with Crippen molar-refractivity contribution in [3.05, 3.63) is 33.9 Å². The van der Waals surface area contributed by atoms with Gasteiger partial charge in [0.25, 0.3) is 5.69 Å². The van der Waals surface area contributed by atoms with E-state index in [0.29, 0.717) is 0 Å². The molecule has 1 fully saturated rings. The number of hydrogen-bond acceptors (Lipinski definition) is 8. The lowest BCUT2D eigenvalue weighted by molar-refractivity contribution is -0.385. The predicted octanol–water partition coefficient (Wildman–Crippen LogP) is 3.25. The molecule has 1 aromatic rings. The second-order valence-corrected chi connectivity index (χ2v) is 10.4. The zero-order valence-electron chi connectivity index (χ0n) is 18.3. The summed E-state index contributed by atoms with van der Waals surface area (Å²) in [7, 11) is -3.81. The first-order valence-electron chi connectivity index (χ1n) is 9.99. The second kappa shape index (κ2) is 9.21. The molecular weight excluding hydrogens is 428 g/mol. The number of likely N-dealkylation sites (tertiary alicyclic amines) is 1. The predicted molar refractivity (Wildman–Crippen MR) is 111 cm³/mol. The smallest absolute Gasteiger partial charge is 0.410 e. The molecule has 1 aliphatic heterocycles. The number of nitro benzene ring substituents is 1. The van der Waals surface area contributed by atoms with Gasteiger partial charge < -0.3 is 14.4 Å². The summed E-state index contributed by atoms with van der Waals surface area (Å²) in [5.74, 6) is -1.74. The lowest BCUT2D eigenvalue weighted by Gasteiger charge is -2.31. The molecule has 0 aromatic heterocycles. The van der Waals surface area contributed by atoms with Crippen molar-refractivity contribution in [2.24, 2.45) is 5.92 Å². The highest BCUT2D eigenvalue weighted by Crippen LogP contribution is 2.42. The van der Waals surface area contributed by atoms with Crippen molar-refractivity contribution in [2.75, 3.05) is 18.9 Å². The highest BCUT2D eigenvalue weighted by molar-refractivity contribution is 7.91. The monoisotopic (exact) mass is 456 g/mol. The van der Waals surface area contributed by atoms with Crippen molar-refractivity contribution in [1.82, 2.24) is 4.90 Å². The lowest BCUT2D eigenvalue weighted by atomic mass is 9.93. The number of non-ortho nitro benzene ring substituents is 1. The number of carbonyl (C=O) groups excluding carboxylic acids is 2. The van der Waals surface area contributed by atoms with Gasteiger partial charge in [-0.25, -0.2) is 13.2 Å². The van der Waals surface area contributed by atoms with Gasteiger partial charge >= 0.3 is 12.1 Å². The van der Waals surface area contributed by atoms with Gasteiger partial charge in [0.2, 0.25) is 0 Å². The van der Waals surface area contributed by atoms with Gasteiger partial charge in [0, 0.05) is 24.2 Å². The summed E-state index contributed by atoms with van der Waals surface area (Å²) in [5.41, 5.74) is -1.16. The molecule has 0 N–H and O–H groups in total. The topological polar surface area (TPSA) is 133 Å².